The number of para-hydroxylation sites is 1. The molecule has 0 amide bonds. The Morgan fingerprint density at radius 3 is 2.52 bits per heavy atom. The van der Waals surface area contributed by atoms with E-state index in [1.165, 1.54) is 7.11 Å². The number of rotatable bonds is 7. The summed E-state index contributed by atoms with van der Waals surface area (Å²) in [6.07, 6.45) is 0.728. The van der Waals surface area contributed by atoms with Gasteiger partial charge in [-0.25, -0.2) is 4.79 Å². The zero-order chi connectivity index (χ0) is 20.8. The number of methoxy groups -OCH3 is 1. The van der Waals surface area contributed by atoms with Crippen LogP contribution in [-0.4, -0.2) is 42.1 Å². The number of carbonyl (C=O) groups excluding carboxylic acids is 1. The molecule has 1 N–H and O–H groups in total. The molecule has 1 aliphatic rings. The topological polar surface area (TPSA) is 76.1 Å². The first-order chi connectivity index (χ1) is 14.0. The molecule has 0 radical (unpaired) electrons. The summed E-state index contributed by atoms with van der Waals surface area (Å²) in [6.45, 7) is 4.58. The summed E-state index contributed by atoms with van der Waals surface area (Å²) in [7, 11) is 1.36. The monoisotopic (exact) mass is 397 g/mol. The van der Waals surface area contributed by atoms with Crippen molar-refractivity contribution in [3.05, 3.63) is 65.2 Å². The van der Waals surface area contributed by atoms with Crippen LogP contribution in [0.4, 0.5) is 0 Å². The molecule has 1 aliphatic heterocycles. The van der Waals surface area contributed by atoms with Gasteiger partial charge in [-0.15, -0.1) is 0 Å². The van der Waals surface area contributed by atoms with E-state index in [4.69, 9.17) is 9.47 Å². The fraction of sp³-hybridized carbons (Fsp3) is 0.391. The van der Waals surface area contributed by atoms with E-state index in [2.05, 4.69) is 11.8 Å². The maximum atomic E-state index is 11.5. The summed E-state index contributed by atoms with van der Waals surface area (Å²) in [5.41, 5.74) is 2.49. The number of likely N-dealkylation sites (tertiary alicyclic amines) is 1. The molecule has 0 bridgehead atoms. The number of hydrogen-bond donors (Lipinski definition) is 1. The number of piperidine rings is 1. The Bertz CT molecular complexity index is 849. The highest BCUT2D eigenvalue weighted by Gasteiger charge is 2.29. The minimum Gasteiger partial charge on any atom is -0.489 e. The fourth-order valence-electron chi connectivity index (χ4n) is 3.80. The van der Waals surface area contributed by atoms with Crippen LogP contribution in [-0.2, 0) is 22.7 Å². The highest BCUT2D eigenvalue weighted by Crippen LogP contribution is 2.26. The Labute approximate surface area is 171 Å². The van der Waals surface area contributed by atoms with E-state index >= 15 is 0 Å². The molecule has 2 atom stereocenters. The zero-order valence-electron chi connectivity index (χ0n) is 16.8. The van der Waals surface area contributed by atoms with Gasteiger partial charge in [0.2, 0.25) is 0 Å². The van der Waals surface area contributed by atoms with Crippen molar-refractivity contribution in [1.82, 2.24) is 4.90 Å². The number of carboxylic acids is 1. The van der Waals surface area contributed by atoms with Crippen molar-refractivity contribution in [1.29, 1.82) is 0 Å². The van der Waals surface area contributed by atoms with Gasteiger partial charge in [0.25, 0.3) is 0 Å². The first kappa shape index (κ1) is 20.9. The van der Waals surface area contributed by atoms with E-state index in [1.807, 2.05) is 36.4 Å². The van der Waals surface area contributed by atoms with Gasteiger partial charge in [0.05, 0.1) is 18.6 Å². The van der Waals surface area contributed by atoms with Gasteiger partial charge in [-0.3, -0.25) is 9.69 Å². The molecule has 154 valence electrons. The molecular weight excluding hydrogens is 370 g/mol. The first-order valence-corrected chi connectivity index (χ1v) is 9.79. The summed E-state index contributed by atoms with van der Waals surface area (Å²) in [5.74, 6) is -0.263. The molecule has 1 fully saturated rings. The van der Waals surface area contributed by atoms with Crippen molar-refractivity contribution in [3.8, 4) is 5.75 Å². The predicted molar refractivity (Wildman–Crippen MR) is 109 cm³/mol. The average Bonchev–Trinajstić information content (AvgIpc) is 2.72. The Morgan fingerprint density at radius 1 is 1.10 bits per heavy atom. The van der Waals surface area contributed by atoms with Crippen LogP contribution < -0.4 is 4.74 Å². The number of esters is 1. The lowest BCUT2D eigenvalue weighted by molar-refractivity contribution is -0.144. The molecular formula is C23H27NO5. The van der Waals surface area contributed by atoms with Gasteiger partial charge in [0.15, 0.2) is 0 Å². The van der Waals surface area contributed by atoms with Crippen LogP contribution in [0.5, 0.6) is 5.75 Å². The molecule has 0 spiro atoms. The largest absolute Gasteiger partial charge is 0.489 e. The number of carbonyl (C=O) groups is 2. The molecule has 1 saturated heterocycles. The van der Waals surface area contributed by atoms with Crippen LogP contribution in [0.3, 0.4) is 0 Å². The minimum absolute atomic E-state index is 0.319. The van der Waals surface area contributed by atoms with Gasteiger partial charge in [0.1, 0.15) is 12.4 Å². The molecule has 2 aromatic carbocycles. The molecule has 2 unspecified atom stereocenters. The molecule has 0 aliphatic carbocycles. The summed E-state index contributed by atoms with van der Waals surface area (Å²) < 4.78 is 10.7. The van der Waals surface area contributed by atoms with E-state index in [0.717, 1.165) is 29.8 Å². The lowest BCUT2D eigenvalue weighted by Crippen LogP contribution is -2.42. The van der Waals surface area contributed by atoms with E-state index in [1.54, 1.807) is 12.1 Å². The quantitative estimate of drug-likeness (QED) is 0.720. The maximum absolute atomic E-state index is 11.5. The van der Waals surface area contributed by atoms with Crippen LogP contribution in [0.1, 0.15) is 34.8 Å². The van der Waals surface area contributed by atoms with E-state index in [9.17, 15) is 14.7 Å². The Kier molecular flexibility index (Phi) is 6.88. The van der Waals surface area contributed by atoms with E-state index in [0.29, 0.717) is 31.2 Å². The molecule has 0 saturated carbocycles. The normalized spacial score (nSPS) is 19.5. The van der Waals surface area contributed by atoms with Crippen molar-refractivity contribution in [2.45, 2.75) is 26.5 Å². The molecule has 3 rings (SSSR count). The summed E-state index contributed by atoms with van der Waals surface area (Å²) in [6, 6.07) is 15.0. The highest BCUT2D eigenvalue weighted by molar-refractivity contribution is 5.89. The number of benzene rings is 2. The predicted octanol–water partition coefficient (Wildman–Crippen LogP) is 3.59. The maximum Gasteiger partial charge on any atom is 0.337 e. The number of ether oxygens (including phenoxy) is 2. The second kappa shape index (κ2) is 9.56. The molecule has 6 nitrogen and oxygen atoms in total. The van der Waals surface area contributed by atoms with E-state index < -0.39 is 5.97 Å². The summed E-state index contributed by atoms with van der Waals surface area (Å²) in [4.78, 5) is 25.2. The van der Waals surface area contributed by atoms with Crippen LogP contribution in [0.25, 0.3) is 0 Å². The van der Waals surface area contributed by atoms with Gasteiger partial charge < -0.3 is 14.6 Å². The first-order valence-electron chi connectivity index (χ1n) is 9.79. The van der Waals surface area contributed by atoms with Crippen LogP contribution >= 0.6 is 0 Å². The van der Waals surface area contributed by atoms with Crippen molar-refractivity contribution >= 4 is 11.9 Å². The van der Waals surface area contributed by atoms with Gasteiger partial charge in [-0.1, -0.05) is 37.3 Å². The van der Waals surface area contributed by atoms with Crippen LogP contribution in [0.15, 0.2) is 48.5 Å². The fourth-order valence-corrected chi connectivity index (χ4v) is 3.80. The van der Waals surface area contributed by atoms with Crippen molar-refractivity contribution in [3.63, 3.8) is 0 Å². The van der Waals surface area contributed by atoms with Gasteiger partial charge in [-0.05, 0) is 36.1 Å². The van der Waals surface area contributed by atoms with E-state index in [-0.39, 0.29) is 11.9 Å². The third-order valence-electron chi connectivity index (χ3n) is 5.22. The lowest BCUT2D eigenvalue weighted by Gasteiger charge is -2.34. The molecule has 29 heavy (non-hydrogen) atoms. The molecule has 0 aromatic heterocycles. The average molecular weight is 397 g/mol. The lowest BCUT2D eigenvalue weighted by atomic mass is 9.90. The summed E-state index contributed by atoms with van der Waals surface area (Å²) >= 11 is 0. The Hall–Kier alpha value is -2.86. The highest BCUT2D eigenvalue weighted by atomic mass is 16.5. The Morgan fingerprint density at radius 2 is 1.83 bits per heavy atom. The molecule has 6 heteroatoms. The number of carboxylic acid groups (broad SMARTS) is 1. The van der Waals surface area contributed by atoms with Gasteiger partial charge >= 0.3 is 11.9 Å². The van der Waals surface area contributed by atoms with Gasteiger partial charge in [0, 0.05) is 25.2 Å². The Balaban J connectivity index is 1.64. The molecule has 2 aromatic rings. The van der Waals surface area contributed by atoms with Crippen molar-refractivity contribution in [2.24, 2.45) is 11.8 Å². The second-order valence-corrected chi connectivity index (χ2v) is 7.66. The smallest absolute Gasteiger partial charge is 0.337 e. The van der Waals surface area contributed by atoms with Crippen molar-refractivity contribution < 1.29 is 24.2 Å². The number of hydrogen-bond acceptors (Lipinski definition) is 5. The SMILES string of the molecule is COC(=O)c1ccc(COc2ccccc2CN2CC(C)CC(C(=O)O)C2)cc1. The third kappa shape index (κ3) is 5.57. The van der Waals surface area contributed by atoms with Gasteiger partial charge in [-0.2, -0.15) is 0 Å². The minimum atomic E-state index is -0.721. The summed E-state index contributed by atoms with van der Waals surface area (Å²) in [5, 5.41) is 9.39. The molecule has 1 heterocycles. The third-order valence-corrected chi connectivity index (χ3v) is 5.22. The number of aliphatic carboxylic acids is 1. The zero-order valence-corrected chi connectivity index (χ0v) is 16.8. The number of nitrogens with zero attached hydrogens (tertiary/aromatic N) is 1. The van der Waals surface area contributed by atoms with Crippen molar-refractivity contribution in [2.75, 3.05) is 20.2 Å². The standard InChI is InChI=1S/C23H27NO5/c1-16-11-20(22(25)26)14-24(12-16)13-19-5-3-4-6-21(19)29-15-17-7-9-18(10-8-17)23(27)28-2/h3-10,16,20H,11-15H2,1-2H3,(H,25,26). The second-order valence-electron chi connectivity index (χ2n) is 7.66. The van der Waals surface area contributed by atoms with Crippen LogP contribution in [0, 0.1) is 11.8 Å². The van der Waals surface area contributed by atoms with Crippen LogP contribution in [0.2, 0.25) is 0 Å².